The lowest BCUT2D eigenvalue weighted by Crippen LogP contribution is -2.52. The summed E-state index contributed by atoms with van der Waals surface area (Å²) in [5, 5.41) is 23.9. The molecule has 0 saturated heterocycles. The fourth-order valence-electron chi connectivity index (χ4n) is 2.95. The summed E-state index contributed by atoms with van der Waals surface area (Å²) in [4.78, 5) is 36.6. The number of aromatic hydroxyl groups is 1. The molecule has 8 heteroatoms. The Hall–Kier alpha value is -3.55. The number of phenols is 1. The van der Waals surface area contributed by atoms with Crippen molar-refractivity contribution in [1.29, 1.82) is 0 Å². The molecule has 0 aliphatic carbocycles. The third kappa shape index (κ3) is 8.38. The Morgan fingerprint density at radius 1 is 0.903 bits per heavy atom. The molecule has 2 atom stereocenters. The molecule has 0 aliphatic heterocycles. The molecule has 0 bridgehead atoms. The predicted molar refractivity (Wildman–Crippen MR) is 114 cm³/mol. The van der Waals surface area contributed by atoms with E-state index in [1.165, 1.54) is 12.1 Å². The van der Waals surface area contributed by atoms with E-state index >= 15 is 0 Å². The summed E-state index contributed by atoms with van der Waals surface area (Å²) in [6, 6.07) is 13.1. The number of carboxylic acids is 1. The monoisotopic (exact) mass is 428 g/mol. The lowest BCUT2D eigenvalue weighted by molar-refractivity contribution is -0.142. The van der Waals surface area contributed by atoms with E-state index in [2.05, 4.69) is 10.6 Å². The van der Waals surface area contributed by atoms with E-state index in [1.54, 1.807) is 12.1 Å². The summed E-state index contributed by atoms with van der Waals surface area (Å²) < 4.78 is 5.18. The number of nitrogens with one attached hydrogen (secondary N) is 2. The maximum absolute atomic E-state index is 12.8. The summed E-state index contributed by atoms with van der Waals surface area (Å²) >= 11 is 0. The van der Waals surface area contributed by atoms with Gasteiger partial charge in [-0.3, -0.25) is 4.79 Å². The van der Waals surface area contributed by atoms with Gasteiger partial charge in [0.05, 0.1) is 0 Å². The van der Waals surface area contributed by atoms with Crippen molar-refractivity contribution in [3.8, 4) is 5.75 Å². The number of benzene rings is 2. The van der Waals surface area contributed by atoms with E-state index in [0.717, 1.165) is 5.56 Å². The van der Waals surface area contributed by atoms with Crippen molar-refractivity contribution in [3.05, 3.63) is 65.7 Å². The van der Waals surface area contributed by atoms with Gasteiger partial charge in [0.1, 0.15) is 24.4 Å². The van der Waals surface area contributed by atoms with Crippen LogP contribution in [-0.4, -0.2) is 40.3 Å². The van der Waals surface area contributed by atoms with Crippen LogP contribution < -0.4 is 10.6 Å². The van der Waals surface area contributed by atoms with Gasteiger partial charge in [-0.15, -0.1) is 0 Å². The van der Waals surface area contributed by atoms with Gasteiger partial charge in [-0.2, -0.15) is 0 Å². The van der Waals surface area contributed by atoms with Gasteiger partial charge >= 0.3 is 12.1 Å². The Kier molecular flexibility index (Phi) is 8.87. The van der Waals surface area contributed by atoms with Crippen molar-refractivity contribution in [2.45, 2.75) is 45.4 Å². The number of amides is 2. The Morgan fingerprint density at radius 2 is 1.55 bits per heavy atom. The summed E-state index contributed by atoms with van der Waals surface area (Å²) in [5.74, 6) is -1.66. The van der Waals surface area contributed by atoms with E-state index in [4.69, 9.17) is 4.74 Å². The van der Waals surface area contributed by atoms with E-state index in [9.17, 15) is 24.6 Å². The maximum Gasteiger partial charge on any atom is 0.408 e. The number of aliphatic carboxylic acids is 1. The molecule has 2 amide bonds. The van der Waals surface area contributed by atoms with Crippen LogP contribution in [0.2, 0.25) is 0 Å². The summed E-state index contributed by atoms with van der Waals surface area (Å²) in [7, 11) is 0. The van der Waals surface area contributed by atoms with Crippen molar-refractivity contribution in [2.75, 3.05) is 0 Å². The van der Waals surface area contributed by atoms with E-state index in [1.807, 2.05) is 44.2 Å². The lowest BCUT2D eigenvalue weighted by Gasteiger charge is -2.22. The van der Waals surface area contributed by atoms with E-state index < -0.39 is 30.1 Å². The molecule has 2 rings (SSSR count). The van der Waals surface area contributed by atoms with Crippen LogP contribution in [0, 0.1) is 5.92 Å². The van der Waals surface area contributed by atoms with Crippen LogP contribution in [0.15, 0.2) is 54.6 Å². The van der Waals surface area contributed by atoms with Gasteiger partial charge in [0, 0.05) is 6.42 Å². The van der Waals surface area contributed by atoms with Gasteiger partial charge in [-0.1, -0.05) is 56.3 Å². The Bertz CT molecular complexity index is 867. The van der Waals surface area contributed by atoms with Gasteiger partial charge in [-0.05, 0) is 35.6 Å². The summed E-state index contributed by atoms with van der Waals surface area (Å²) in [6.45, 7) is 3.84. The summed E-state index contributed by atoms with van der Waals surface area (Å²) in [5.41, 5.74) is 1.45. The van der Waals surface area contributed by atoms with E-state index in [-0.39, 0.29) is 24.7 Å². The Labute approximate surface area is 181 Å². The zero-order chi connectivity index (χ0) is 22.8. The first-order chi connectivity index (χ1) is 14.7. The number of hydrogen-bond acceptors (Lipinski definition) is 5. The molecule has 2 aromatic carbocycles. The Morgan fingerprint density at radius 3 is 2.13 bits per heavy atom. The largest absolute Gasteiger partial charge is 0.508 e. The maximum atomic E-state index is 12.8. The number of phenolic OH excluding ortho intramolecular Hbond substituents is 1. The molecule has 4 N–H and O–H groups in total. The van der Waals surface area contributed by atoms with Gasteiger partial charge in [0.15, 0.2) is 0 Å². The lowest BCUT2D eigenvalue weighted by atomic mass is 10.0. The van der Waals surface area contributed by atoms with Crippen LogP contribution in [0.3, 0.4) is 0 Å². The molecule has 0 fully saturated rings. The molecule has 0 spiro atoms. The fraction of sp³-hybridized carbons (Fsp3) is 0.348. The smallest absolute Gasteiger partial charge is 0.408 e. The quantitative estimate of drug-likeness (QED) is 0.461. The first-order valence-corrected chi connectivity index (χ1v) is 10.0. The highest BCUT2D eigenvalue weighted by molar-refractivity contribution is 5.89. The molecule has 0 aliphatic rings. The summed E-state index contributed by atoms with van der Waals surface area (Å²) in [6.07, 6.45) is -0.401. The number of alkyl carbamates (subject to hydrolysis) is 1. The number of rotatable bonds is 10. The average Bonchev–Trinajstić information content (AvgIpc) is 2.73. The van der Waals surface area contributed by atoms with Gasteiger partial charge in [-0.25, -0.2) is 9.59 Å². The van der Waals surface area contributed by atoms with Crippen molar-refractivity contribution in [2.24, 2.45) is 5.92 Å². The van der Waals surface area contributed by atoms with Gasteiger partial charge in [0.2, 0.25) is 5.91 Å². The second kappa shape index (κ2) is 11.6. The van der Waals surface area contributed by atoms with Crippen molar-refractivity contribution in [1.82, 2.24) is 10.6 Å². The van der Waals surface area contributed by atoms with Crippen LogP contribution in [0.25, 0.3) is 0 Å². The number of hydrogen-bond donors (Lipinski definition) is 4. The van der Waals surface area contributed by atoms with Crippen molar-refractivity contribution in [3.63, 3.8) is 0 Å². The van der Waals surface area contributed by atoms with Crippen LogP contribution in [0.1, 0.15) is 31.4 Å². The first-order valence-electron chi connectivity index (χ1n) is 10.0. The van der Waals surface area contributed by atoms with Crippen LogP contribution in [-0.2, 0) is 27.4 Å². The average molecular weight is 428 g/mol. The second-order valence-corrected chi connectivity index (χ2v) is 7.66. The first kappa shape index (κ1) is 23.7. The topological polar surface area (TPSA) is 125 Å². The highest BCUT2D eigenvalue weighted by Gasteiger charge is 2.27. The van der Waals surface area contributed by atoms with Gasteiger partial charge in [0.25, 0.3) is 0 Å². The van der Waals surface area contributed by atoms with Crippen molar-refractivity contribution >= 4 is 18.0 Å². The molecule has 2 aromatic rings. The number of carbonyl (C=O) groups excluding carboxylic acids is 2. The number of ether oxygens (including phenoxy) is 1. The highest BCUT2D eigenvalue weighted by atomic mass is 16.5. The normalized spacial score (nSPS) is 12.6. The predicted octanol–water partition coefficient (Wildman–Crippen LogP) is 2.85. The SMILES string of the molecule is CC(C)C[C@@H](NC(=O)OCc1ccccc1)C(=O)N[C@H](Cc1ccc(O)cc1)C(=O)O. The molecule has 0 radical (unpaired) electrons. The molecule has 0 heterocycles. The fourth-order valence-corrected chi connectivity index (χ4v) is 2.95. The minimum absolute atomic E-state index is 0.0359. The van der Waals surface area contributed by atoms with Gasteiger partial charge < -0.3 is 25.6 Å². The highest BCUT2D eigenvalue weighted by Crippen LogP contribution is 2.12. The molecular weight excluding hydrogens is 400 g/mol. The molecule has 0 saturated carbocycles. The van der Waals surface area contributed by atoms with Crippen LogP contribution in [0.5, 0.6) is 5.75 Å². The molecule has 0 aromatic heterocycles. The number of carboxylic acid groups (broad SMARTS) is 1. The standard InChI is InChI=1S/C23H28N2O6/c1-15(2)12-19(25-23(30)31-14-17-6-4-3-5-7-17)21(27)24-20(22(28)29)13-16-8-10-18(26)11-9-16/h3-11,15,19-20,26H,12-14H2,1-2H3,(H,24,27)(H,25,30)(H,28,29)/t19-,20-/m1/s1. The zero-order valence-electron chi connectivity index (χ0n) is 17.6. The zero-order valence-corrected chi connectivity index (χ0v) is 17.6. The Balaban J connectivity index is 1.99. The van der Waals surface area contributed by atoms with Crippen molar-refractivity contribution < 1.29 is 29.3 Å². The third-order valence-corrected chi connectivity index (χ3v) is 4.52. The molecule has 0 unspecified atom stereocenters. The molecule has 8 nitrogen and oxygen atoms in total. The van der Waals surface area contributed by atoms with Crippen LogP contribution in [0.4, 0.5) is 4.79 Å². The van der Waals surface area contributed by atoms with Crippen LogP contribution >= 0.6 is 0 Å². The number of carbonyl (C=O) groups is 3. The molecule has 31 heavy (non-hydrogen) atoms. The third-order valence-electron chi connectivity index (χ3n) is 4.52. The second-order valence-electron chi connectivity index (χ2n) is 7.66. The molecular formula is C23H28N2O6. The van der Waals surface area contributed by atoms with E-state index in [0.29, 0.717) is 12.0 Å². The minimum Gasteiger partial charge on any atom is -0.508 e. The molecule has 166 valence electrons. The minimum atomic E-state index is -1.20.